The summed E-state index contributed by atoms with van der Waals surface area (Å²) >= 11 is 6.63. The van der Waals surface area contributed by atoms with Crippen molar-refractivity contribution in [3.05, 3.63) is 32.7 Å². The molecule has 0 heterocycles. The van der Waals surface area contributed by atoms with Gasteiger partial charge in [0.1, 0.15) is 0 Å². The predicted octanol–water partition coefficient (Wildman–Crippen LogP) is 2.03. The number of carbonyl (C=O) groups excluding carboxylic acids is 2. The Hall–Kier alpha value is -0.880. The normalized spacial score (nSPS) is 9.88. The molecule has 17 heavy (non-hydrogen) atoms. The molecule has 0 fully saturated rings. The maximum Gasteiger partial charge on any atom is 0.254 e. The Labute approximate surface area is 117 Å². The average Bonchev–Trinajstić information content (AvgIpc) is 2.26. The fourth-order valence-corrected chi connectivity index (χ4v) is 2.56. The standard InChI is InChI=1S/C11H12Br2N2O2/c1-14-10(16)6-15(2)11(17)7-3-8(12)5-9(13)4-7/h3-5H,6H2,1-2H3,(H,14,16). The van der Waals surface area contributed by atoms with Gasteiger partial charge in [-0.1, -0.05) is 31.9 Å². The summed E-state index contributed by atoms with van der Waals surface area (Å²) in [6.45, 7) is 0.0411. The van der Waals surface area contributed by atoms with E-state index in [0.29, 0.717) is 5.56 Å². The fraction of sp³-hybridized carbons (Fsp3) is 0.273. The molecule has 0 aromatic heterocycles. The number of rotatable bonds is 3. The highest BCUT2D eigenvalue weighted by Crippen LogP contribution is 2.20. The summed E-state index contributed by atoms with van der Waals surface area (Å²) in [5.74, 6) is -0.398. The van der Waals surface area contributed by atoms with Gasteiger partial charge in [-0.2, -0.15) is 0 Å². The zero-order valence-corrected chi connectivity index (χ0v) is 12.6. The van der Waals surface area contributed by atoms with E-state index in [1.807, 2.05) is 6.07 Å². The van der Waals surface area contributed by atoms with Crippen LogP contribution in [-0.2, 0) is 4.79 Å². The minimum atomic E-state index is -0.199. The number of likely N-dealkylation sites (N-methyl/N-ethyl adjacent to an activating group) is 2. The van der Waals surface area contributed by atoms with Crippen LogP contribution in [0.3, 0.4) is 0 Å². The monoisotopic (exact) mass is 362 g/mol. The van der Waals surface area contributed by atoms with Crippen LogP contribution < -0.4 is 5.32 Å². The molecule has 4 nitrogen and oxygen atoms in total. The lowest BCUT2D eigenvalue weighted by Gasteiger charge is -2.16. The number of amides is 2. The smallest absolute Gasteiger partial charge is 0.254 e. The fourth-order valence-electron chi connectivity index (χ4n) is 1.26. The Morgan fingerprint density at radius 3 is 2.24 bits per heavy atom. The zero-order chi connectivity index (χ0) is 13.0. The Morgan fingerprint density at radius 2 is 1.76 bits per heavy atom. The third-order valence-corrected chi connectivity index (χ3v) is 3.03. The van der Waals surface area contributed by atoms with Crippen LogP contribution in [0.5, 0.6) is 0 Å². The summed E-state index contributed by atoms with van der Waals surface area (Å²) < 4.78 is 1.62. The maximum atomic E-state index is 12.0. The van der Waals surface area contributed by atoms with Crippen molar-refractivity contribution < 1.29 is 9.59 Å². The Bertz CT molecular complexity index is 429. The van der Waals surface area contributed by atoms with E-state index in [1.54, 1.807) is 19.2 Å². The summed E-state index contributed by atoms with van der Waals surface area (Å²) in [5, 5.41) is 2.47. The lowest BCUT2D eigenvalue weighted by molar-refractivity contribution is -0.121. The first-order valence-electron chi connectivity index (χ1n) is 4.86. The van der Waals surface area contributed by atoms with Gasteiger partial charge in [-0.3, -0.25) is 9.59 Å². The molecule has 0 saturated carbocycles. The number of hydrogen-bond donors (Lipinski definition) is 1. The van der Waals surface area contributed by atoms with Crippen molar-refractivity contribution in [3.8, 4) is 0 Å². The lowest BCUT2D eigenvalue weighted by atomic mass is 10.2. The highest BCUT2D eigenvalue weighted by molar-refractivity contribution is 9.11. The first kappa shape index (κ1) is 14.2. The van der Waals surface area contributed by atoms with E-state index in [0.717, 1.165) is 8.95 Å². The van der Waals surface area contributed by atoms with Gasteiger partial charge in [-0.05, 0) is 18.2 Å². The molecule has 0 unspecified atom stereocenters. The Kier molecular flexibility index (Phi) is 5.14. The number of hydrogen-bond acceptors (Lipinski definition) is 2. The molecule has 0 saturated heterocycles. The van der Waals surface area contributed by atoms with Crippen LogP contribution in [0.2, 0.25) is 0 Å². The van der Waals surface area contributed by atoms with Crippen LogP contribution in [0.25, 0.3) is 0 Å². The SMILES string of the molecule is CNC(=O)CN(C)C(=O)c1cc(Br)cc(Br)c1. The summed E-state index contributed by atoms with van der Waals surface area (Å²) in [6, 6.07) is 5.27. The molecule has 0 bridgehead atoms. The molecule has 0 aliphatic heterocycles. The van der Waals surface area contributed by atoms with Crippen LogP contribution in [0.15, 0.2) is 27.1 Å². The highest BCUT2D eigenvalue weighted by Gasteiger charge is 2.15. The van der Waals surface area contributed by atoms with Crippen molar-refractivity contribution in [1.29, 1.82) is 0 Å². The summed E-state index contributed by atoms with van der Waals surface area (Å²) in [7, 11) is 3.13. The predicted molar refractivity (Wildman–Crippen MR) is 72.9 cm³/mol. The molecule has 0 spiro atoms. The largest absolute Gasteiger partial charge is 0.358 e. The van der Waals surface area contributed by atoms with E-state index in [-0.39, 0.29) is 18.4 Å². The Balaban J connectivity index is 2.85. The van der Waals surface area contributed by atoms with Crippen molar-refractivity contribution in [3.63, 3.8) is 0 Å². The number of carbonyl (C=O) groups is 2. The van der Waals surface area contributed by atoms with E-state index in [4.69, 9.17) is 0 Å². The minimum absolute atomic E-state index is 0.0411. The molecule has 0 aliphatic carbocycles. The summed E-state index contributed by atoms with van der Waals surface area (Å²) in [5.41, 5.74) is 0.526. The molecule has 0 atom stereocenters. The van der Waals surface area contributed by atoms with E-state index in [1.165, 1.54) is 11.9 Å². The van der Waals surface area contributed by atoms with Gasteiger partial charge in [-0.25, -0.2) is 0 Å². The van der Waals surface area contributed by atoms with Crippen LogP contribution in [0.1, 0.15) is 10.4 Å². The van der Waals surface area contributed by atoms with E-state index in [9.17, 15) is 9.59 Å². The maximum absolute atomic E-state index is 12.0. The quantitative estimate of drug-likeness (QED) is 0.893. The number of halogens is 2. The second-order valence-corrected chi connectivity index (χ2v) is 5.32. The molecular formula is C11H12Br2N2O2. The number of nitrogens with zero attached hydrogens (tertiary/aromatic N) is 1. The van der Waals surface area contributed by atoms with Gasteiger partial charge in [0.15, 0.2) is 0 Å². The second kappa shape index (κ2) is 6.16. The minimum Gasteiger partial charge on any atom is -0.358 e. The average molecular weight is 364 g/mol. The van der Waals surface area contributed by atoms with Crippen LogP contribution >= 0.6 is 31.9 Å². The van der Waals surface area contributed by atoms with Gasteiger partial charge in [0.05, 0.1) is 6.54 Å². The van der Waals surface area contributed by atoms with Crippen LogP contribution in [0, 0.1) is 0 Å². The molecule has 6 heteroatoms. The molecule has 1 N–H and O–H groups in total. The molecule has 1 aromatic carbocycles. The van der Waals surface area contributed by atoms with Gasteiger partial charge in [0.25, 0.3) is 5.91 Å². The van der Waals surface area contributed by atoms with Crippen molar-refractivity contribution in [2.45, 2.75) is 0 Å². The van der Waals surface area contributed by atoms with Crippen molar-refractivity contribution in [2.24, 2.45) is 0 Å². The molecule has 0 radical (unpaired) electrons. The third kappa shape index (κ3) is 4.12. The number of benzene rings is 1. The molecule has 0 aliphatic rings. The Morgan fingerprint density at radius 1 is 1.24 bits per heavy atom. The first-order valence-corrected chi connectivity index (χ1v) is 6.44. The van der Waals surface area contributed by atoms with Crippen molar-refractivity contribution >= 4 is 43.7 Å². The van der Waals surface area contributed by atoms with Crippen molar-refractivity contribution in [1.82, 2.24) is 10.2 Å². The van der Waals surface area contributed by atoms with Crippen molar-refractivity contribution in [2.75, 3.05) is 20.6 Å². The van der Waals surface area contributed by atoms with Gasteiger partial charge in [0, 0.05) is 28.6 Å². The highest BCUT2D eigenvalue weighted by atomic mass is 79.9. The zero-order valence-electron chi connectivity index (χ0n) is 9.46. The van der Waals surface area contributed by atoms with E-state index >= 15 is 0 Å². The first-order chi connectivity index (χ1) is 7.93. The molecule has 2 amide bonds. The molecule has 1 aromatic rings. The van der Waals surface area contributed by atoms with Crippen LogP contribution in [-0.4, -0.2) is 37.4 Å². The summed E-state index contributed by atoms with van der Waals surface area (Å²) in [4.78, 5) is 24.5. The topological polar surface area (TPSA) is 49.4 Å². The number of nitrogens with one attached hydrogen (secondary N) is 1. The van der Waals surface area contributed by atoms with Gasteiger partial charge >= 0.3 is 0 Å². The molecule has 1 rings (SSSR count). The second-order valence-electron chi connectivity index (χ2n) is 3.49. The van der Waals surface area contributed by atoms with E-state index < -0.39 is 0 Å². The van der Waals surface area contributed by atoms with E-state index in [2.05, 4.69) is 37.2 Å². The molecular weight excluding hydrogens is 352 g/mol. The lowest BCUT2D eigenvalue weighted by Crippen LogP contribution is -2.36. The van der Waals surface area contributed by atoms with Gasteiger partial charge < -0.3 is 10.2 Å². The van der Waals surface area contributed by atoms with Crippen LogP contribution in [0.4, 0.5) is 0 Å². The molecule has 92 valence electrons. The van der Waals surface area contributed by atoms with Gasteiger partial charge in [-0.15, -0.1) is 0 Å². The third-order valence-electron chi connectivity index (χ3n) is 2.12. The van der Waals surface area contributed by atoms with Gasteiger partial charge in [0.2, 0.25) is 5.91 Å². The summed E-state index contributed by atoms with van der Waals surface area (Å²) in [6.07, 6.45) is 0.